The van der Waals surface area contributed by atoms with E-state index in [1.165, 1.54) is 44.1 Å². The number of fused-ring (bicyclic) bond motifs is 3. The van der Waals surface area contributed by atoms with Gasteiger partial charge in [0.05, 0.1) is 5.94 Å². The third-order valence-electron chi connectivity index (χ3n) is 6.50. The van der Waals surface area contributed by atoms with E-state index in [1.54, 1.807) is 0 Å². The van der Waals surface area contributed by atoms with Gasteiger partial charge in [0.1, 0.15) is 0 Å². The molecule has 0 saturated heterocycles. The molecule has 0 heterocycles. The molecule has 3 fully saturated rings. The van der Waals surface area contributed by atoms with Crippen LogP contribution in [0.1, 0.15) is 67.3 Å². The second-order valence-electron chi connectivity index (χ2n) is 8.28. The van der Waals surface area contributed by atoms with Crippen LogP contribution in [0.5, 0.6) is 0 Å². The predicted molar refractivity (Wildman–Crippen MR) is 111 cm³/mol. The number of nitrogens with zero attached hydrogens (tertiary/aromatic N) is 1. The second-order valence-corrected chi connectivity index (χ2v) is 8.28. The molecule has 1 aromatic carbocycles. The van der Waals surface area contributed by atoms with Gasteiger partial charge in [0.25, 0.3) is 5.91 Å². The number of amides is 1. The minimum Gasteiger partial charge on any atom is -0.426 e. The smallest absolute Gasteiger partial charge is 0.426 e. The first kappa shape index (κ1) is 20.7. The fourth-order valence-electron chi connectivity index (χ4n) is 4.72. The maximum Gasteiger partial charge on any atom is 0.475 e. The molecule has 7 nitrogen and oxygen atoms in total. The van der Waals surface area contributed by atoms with Crippen molar-refractivity contribution < 1.29 is 14.8 Å². The molecule has 1 aromatic rings. The lowest BCUT2D eigenvalue weighted by atomic mass is 9.58. The van der Waals surface area contributed by atoms with E-state index in [0.29, 0.717) is 30.4 Å². The summed E-state index contributed by atoms with van der Waals surface area (Å²) < 4.78 is 0. The quantitative estimate of drug-likeness (QED) is 0.197. The zero-order chi connectivity index (χ0) is 20.1. The molecule has 28 heavy (non-hydrogen) atoms. The van der Waals surface area contributed by atoms with Crippen LogP contribution in [0, 0.1) is 5.92 Å². The first-order valence-electron chi connectivity index (χ1n) is 10.2. The number of nitrogens with two attached hydrogens (primary N) is 2. The number of guanidine groups is 1. The third-order valence-corrected chi connectivity index (χ3v) is 6.50. The Kier molecular flexibility index (Phi) is 6.62. The summed E-state index contributed by atoms with van der Waals surface area (Å²) in [6.07, 6.45) is 8.59. The van der Waals surface area contributed by atoms with Crippen LogP contribution in [0.25, 0.3) is 0 Å². The van der Waals surface area contributed by atoms with E-state index < -0.39 is 13.1 Å². The second kappa shape index (κ2) is 8.96. The van der Waals surface area contributed by atoms with Gasteiger partial charge < -0.3 is 26.8 Å². The molecule has 0 aromatic heterocycles. The van der Waals surface area contributed by atoms with Gasteiger partial charge in [-0.05, 0) is 80.4 Å². The van der Waals surface area contributed by atoms with Crippen molar-refractivity contribution in [2.75, 3.05) is 6.54 Å². The molecule has 0 unspecified atom stereocenters. The van der Waals surface area contributed by atoms with Crippen molar-refractivity contribution in [2.24, 2.45) is 22.4 Å². The van der Waals surface area contributed by atoms with Crippen molar-refractivity contribution in [2.45, 2.75) is 62.7 Å². The number of carbonyl (C=O) groups excluding carboxylic acids is 1. The van der Waals surface area contributed by atoms with E-state index in [0.717, 1.165) is 5.92 Å². The molecule has 1 atom stereocenters. The number of carbonyl (C=O) groups is 1. The van der Waals surface area contributed by atoms with Crippen LogP contribution in [0.15, 0.2) is 29.3 Å². The van der Waals surface area contributed by atoms with Gasteiger partial charge in [-0.1, -0.05) is 12.1 Å². The van der Waals surface area contributed by atoms with Gasteiger partial charge >= 0.3 is 7.12 Å². The lowest BCUT2D eigenvalue weighted by Crippen LogP contribution is -2.46. The zero-order valence-corrected chi connectivity index (χ0v) is 16.3. The molecule has 8 heteroatoms. The van der Waals surface area contributed by atoms with Crippen LogP contribution in [-0.2, 0) is 5.41 Å². The van der Waals surface area contributed by atoms with Crippen LogP contribution in [0.4, 0.5) is 0 Å². The summed E-state index contributed by atoms with van der Waals surface area (Å²) in [6.45, 7) is 0.374. The van der Waals surface area contributed by atoms with Gasteiger partial charge in [0, 0.05) is 12.1 Å². The molecule has 3 saturated carbocycles. The fourth-order valence-corrected chi connectivity index (χ4v) is 4.72. The highest BCUT2D eigenvalue weighted by atomic mass is 16.4. The van der Waals surface area contributed by atoms with Crippen molar-refractivity contribution >= 4 is 19.0 Å². The van der Waals surface area contributed by atoms with E-state index in [4.69, 9.17) is 11.5 Å². The minimum absolute atomic E-state index is 0.00357. The van der Waals surface area contributed by atoms with E-state index in [1.807, 2.05) is 12.1 Å². The van der Waals surface area contributed by atoms with E-state index in [-0.39, 0.29) is 11.9 Å². The standard InChI is InChI=1S/C20H31BN4O3/c22-19(23)24-13-1-2-17(21(27)28)25-18(26)15-3-5-16(6-4-15)20-10-7-14(8-11-20)9-12-20/h3-6,14,17,27-28H,1-2,7-13H2,(H,25,26)(H4,22,23,24)/t14?,17-,20?/m0/s1. The Bertz CT molecular complexity index is 682. The fraction of sp³-hybridized carbons (Fsp3) is 0.600. The Morgan fingerprint density at radius 2 is 1.79 bits per heavy atom. The average molecular weight is 386 g/mol. The Labute approximate surface area is 166 Å². The number of rotatable bonds is 8. The summed E-state index contributed by atoms with van der Waals surface area (Å²) in [6, 6.07) is 7.84. The summed E-state index contributed by atoms with van der Waals surface area (Å²) in [5.41, 5.74) is 12.7. The van der Waals surface area contributed by atoms with Crippen molar-refractivity contribution in [3.63, 3.8) is 0 Å². The van der Waals surface area contributed by atoms with E-state index >= 15 is 0 Å². The van der Waals surface area contributed by atoms with Gasteiger partial charge in [0.2, 0.25) is 0 Å². The molecule has 0 radical (unpaired) electrons. The van der Waals surface area contributed by atoms with Gasteiger partial charge in [-0.2, -0.15) is 0 Å². The molecule has 0 spiro atoms. The topological polar surface area (TPSA) is 134 Å². The summed E-state index contributed by atoms with van der Waals surface area (Å²) >= 11 is 0. The number of nitrogens with one attached hydrogen (secondary N) is 1. The summed E-state index contributed by atoms with van der Waals surface area (Å²) in [7, 11) is -1.64. The van der Waals surface area contributed by atoms with Crippen molar-refractivity contribution in [1.82, 2.24) is 5.32 Å². The molecular weight excluding hydrogens is 355 g/mol. The lowest BCUT2D eigenvalue weighted by Gasteiger charge is -2.47. The summed E-state index contributed by atoms with van der Waals surface area (Å²) in [5, 5.41) is 21.8. The highest BCUT2D eigenvalue weighted by Crippen LogP contribution is 2.51. The molecule has 0 aliphatic heterocycles. The first-order valence-corrected chi connectivity index (χ1v) is 10.2. The molecule has 1 amide bonds. The average Bonchev–Trinajstić information content (AvgIpc) is 2.71. The van der Waals surface area contributed by atoms with Crippen molar-refractivity contribution in [3.8, 4) is 0 Å². The molecule has 4 rings (SSSR count). The van der Waals surface area contributed by atoms with E-state index in [2.05, 4.69) is 22.4 Å². The van der Waals surface area contributed by atoms with Crippen LogP contribution < -0.4 is 16.8 Å². The molecule has 3 aliphatic rings. The molecule has 152 valence electrons. The van der Waals surface area contributed by atoms with Gasteiger partial charge in [-0.25, -0.2) is 0 Å². The van der Waals surface area contributed by atoms with Crippen molar-refractivity contribution in [3.05, 3.63) is 35.4 Å². The number of benzene rings is 1. The number of hydrogen-bond donors (Lipinski definition) is 5. The van der Waals surface area contributed by atoms with Crippen LogP contribution in [0.3, 0.4) is 0 Å². The Hall–Kier alpha value is -2.06. The summed E-state index contributed by atoms with van der Waals surface area (Å²) in [4.78, 5) is 16.4. The molecular formula is C20H31BN4O3. The normalized spacial score (nSPS) is 24.4. The van der Waals surface area contributed by atoms with E-state index in [9.17, 15) is 14.8 Å². The predicted octanol–water partition coefficient (Wildman–Crippen LogP) is 1.07. The van der Waals surface area contributed by atoms with Gasteiger partial charge in [0.15, 0.2) is 5.96 Å². The highest BCUT2D eigenvalue weighted by molar-refractivity contribution is 6.43. The Morgan fingerprint density at radius 3 is 2.32 bits per heavy atom. The number of aliphatic imine (C=N–C) groups is 1. The van der Waals surface area contributed by atoms with Crippen molar-refractivity contribution in [1.29, 1.82) is 0 Å². The lowest BCUT2D eigenvalue weighted by molar-refractivity contribution is 0.0940. The highest BCUT2D eigenvalue weighted by Gasteiger charge is 2.41. The van der Waals surface area contributed by atoms with Crippen LogP contribution in [0.2, 0.25) is 0 Å². The Morgan fingerprint density at radius 1 is 1.18 bits per heavy atom. The molecule has 2 bridgehead atoms. The summed E-state index contributed by atoms with van der Waals surface area (Å²) in [5.74, 6) is -0.165. The minimum atomic E-state index is -1.64. The third kappa shape index (κ3) is 4.86. The zero-order valence-electron chi connectivity index (χ0n) is 16.3. The molecule has 3 aliphatic carbocycles. The maximum atomic E-state index is 12.5. The monoisotopic (exact) mass is 386 g/mol. The van der Waals surface area contributed by atoms with Crippen LogP contribution in [-0.4, -0.2) is 41.5 Å². The Balaban J connectivity index is 1.59. The first-order chi connectivity index (χ1) is 13.4. The van der Waals surface area contributed by atoms with Gasteiger partial charge in [-0.3, -0.25) is 9.79 Å². The van der Waals surface area contributed by atoms with Crippen LogP contribution >= 0.6 is 0 Å². The molecule has 7 N–H and O–H groups in total. The SMILES string of the molecule is NC(N)=NCCC[C@H](NC(=O)c1ccc(C23CCC(CC2)CC3)cc1)B(O)O. The number of hydrogen-bond acceptors (Lipinski definition) is 4. The van der Waals surface area contributed by atoms with Gasteiger partial charge in [-0.15, -0.1) is 0 Å². The maximum absolute atomic E-state index is 12.5. The largest absolute Gasteiger partial charge is 0.475 e.